The molecule has 0 spiro atoms. The van der Waals surface area contributed by atoms with Crippen LogP contribution in [0.3, 0.4) is 0 Å². The van der Waals surface area contributed by atoms with Crippen LogP contribution in [0.5, 0.6) is 0 Å². The highest BCUT2D eigenvalue weighted by Gasteiger charge is 2.20. The second-order valence-corrected chi connectivity index (χ2v) is 10.8. The molecule has 0 amide bonds. The Morgan fingerprint density at radius 2 is 1.19 bits per heavy atom. The molecule has 0 aliphatic carbocycles. The molecule has 0 saturated heterocycles. The van der Waals surface area contributed by atoms with Crippen LogP contribution in [0.1, 0.15) is 0 Å². The fraction of sp³-hybridized carbons (Fsp3) is 0. The maximum atomic E-state index is 5.19. The highest BCUT2D eigenvalue weighted by Crippen LogP contribution is 2.37. The number of para-hydroxylation sites is 2. The van der Waals surface area contributed by atoms with Gasteiger partial charge in [-0.1, -0.05) is 97.1 Å². The predicted molar refractivity (Wildman–Crippen MR) is 175 cm³/mol. The van der Waals surface area contributed by atoms with E-state index >= 15 is 0 Å². The summed E-state index contributed by atoms with van der Waals surface area (Å²) in [5.41, 5.74) is 9.84. The monoisotopic (exact) mass is 551 g/mol. The SMILES string of the molecule is c1ccc(-c2ccc(-c3cccn4nc(-n5c6ccccc6c6ccc7c(ccn7-c7ccccc7)c65)nc34)cc2)cc1. The van der Waals surface area contributed by atoms with Gasteiger partial charge in [0.1, 0.15) is 0 Å². The van der Waals surface area contributed by atoms with Crippen LogP contribution in [0.2, 0.25) is 0 Å². The fourth-order valence-electron chi connectivity index (χ4n) is 6.39. The number of hydrogen-bond donors (Lipinski definition) is 0. The molecule has 43 heavy (non-hydrogen) atoms. The number of hydrogen-bond acceptors (Lipinski definition) is 2. The van der Waals surface area contributed by atoms with Crippen molar-refractivity contribution < 1.29 is 0 Å². The van der Waals surface area contributed by atoms with Gasteiger partial charge in [-0.2, -0.15) is 4.98 Å². The molecular weight excluding hydrogens is 526 g/mol. The van der Waals surface area contributed by atoms with E-state index in [1.165, 1.54) is 21.9 Å². The maximum Gasteiger partial charge on any atom is 0.254 e. The number of nitrogens with zero attached hydrogens (tertiary/aromatic N) is 5. The van der Waals surface area contributed by atoms with Crippen molar-refractivity contribution in [3.8, 4) is 33.9 Å². The van der Waals surface area contributed by atoms with Crippen LogP contribution >= 0.6 is 0 Å². The molecule has 202 valence electrons. The van der Waals surface area contributed by atoms with Crippen LogP contribution in [0, 0.1) is 0 Å². The molecule has 0 aliphatic rings. The van der Waals surface area contributed by atoms with Gasteiger partial charge in [0.15, 0.2) is 5.65 Å². The summed E-state index contributed by atoms with van der Waals surface area (Å²) < 4.78 is 6.36. The summed E-state index contributed by atoms with van der Waals surface area (Å²) in [6.45, 7) is 0. The van der Waals surface area contributed by atoms with Crippen LogP contribution in [0.4, 0.5) is 0 Å². The van der Waals surface area contributed by atoms with E-state index in [0.717, 1.165) is 44.4 Å². The lowest BCUT2D eigenvalue weighted by molar-refractivity contribution is 0.917. The summed E-state index contributed by atoms with van der Waals surface area (Å²) in [5, 5.41) is 8.57. The van der Waals surface area contributed by atoms with Crippen molar-refractivity contribution in [3.05, 3.63) is 152 Å². The van der Waals surface area contributed by atoms with Gasteiger partial charge in [0.05, 0.1) is 16.6 Å². The molecule has 0 fully saturated rings. The standard InChI is InChI=1S/C38H25N5/c1-3-10-26(11-4-1)27-17-19-28(20-18-27)30-15-9-24-42-37(30)39-38(40-42)43-35-16-8-7-14-31(35)32-21-22-34-33(36(32)43)23-25-41(34)29-12-5-2-6-13-29/h1-25H. The minimum absolute atomic E-state index is 0.652. The summed E-state index contributed by atoms with van der Waals surface area (Å²) in [7, 11) is 0. The number of rotatable bonds is 4. The van der Waals surface area contributed by atoms with E-state index in [4.69, 9.17) is 10.1 Å². The van der Waals surface area contributed by atoms with Crippen molar-refractivity contribution in [2.75, 3.05) is 0 Å². The first-order valence-corrected chi connectivity index (χ1v) is 14.4. The van der Waals surface area contributed by atoms with Crippen molar-refractivity contribution in [3.63, 3.8) is 0 Å². The predicted octanol–water partition coefficient (Wildman–Crippen LogP) is 9.10. The zero-order chi connectivity index (χ0) is 28.3. The van der Waals surface area contributed by atoms with E-state index in [-0.39, 0.29) is 0 Å². The average molecular weight is 552 g/mol. The molecule has 0 aliphatic heterocycles. The third-order valence-corrected chi connectivity index (χ3v) is 8.39. The Hall–Kier alpha value is -5.94. The Kier molecular flexibility index (Phi) is 5.13. The van der Waals surface area contributed by atoms with Gasteiger partial charge < -0.3 is 4.57 Å². The van der Waals surface area contributed by atoms with Gasteiger partial charge in [-0.15, -0.1) is 5.10 Å². The maximum absolute atomic E-state index is 5.19. The van der Waals surface area contributed by atoms with E-state index < -0.39 is 0 Å². The molecule has 5 nitrogen and oxygen atoms in total. The van der Waals surface area contributed by atoms with Crippen molar-refractivity contribution in [2.45, 2.75) is 0 Å². The Morgan fingerprint density at radius 3 is 2.02 bits per heavy atom. The molecule has 0 saturated carbocycles. The van der Waals surface area contributed by atoms with Crippen LogP contribution < -0.4 is 0 Å². The first-order valence-electron chi connectivity index (χ1n) is 14.4. The topological polar surface area (TPSA) is 40.0 Å². The second kappa shape index (κ2) is 9.29. The lowest BCUT2D eigenvalue weighted by atomic mass is 10.0. The Labute approximate surface area is 247 Å². The lowest BCUT2D eigenvalue weighted by Crippen LogP contribution is -1.98. The summed E-state index contributed by atoms with van der Waals surface area (Å²) >= 11 is 0. The lowest BCUT2D eigenvalue weighted by Gasteiger charge is -2.07. The molecule has 9 aromatic rings. The Morgan fingerprint density at radius 1 is 0.465 bits per heavy atom. The third-order valence-electron chi connectivity index (χ3n) is 8.39. The molecule has 0 N–H and O–H groups in total. The third kappa shape index (κ3) is 3.65. The van der Waals surface area contributed by atoms with Crippen molar-refractivity contribution >= 4 is 38.4 Å². The summed E-state index contributed by atoms with van der Waals surface area (Å²) in [6.07, 6.45) is 4.12. The fourth-order valence-corrected chi connectivity index (χ4v) is 6.39. The van der Waals surface area contributed by atoms with Crippen molar-refractivity contribution in [1.29, 1.82) is 0 Å². The normalized spacial score (nSPS) is 11.7. The van der Waals surface area contributed by atoms with Gasteiger partial charge >= 0.3 is 0 Å². The molecule has 0 unspecified atom stereocenters. The van der Waals surface area contributed by atoms with E-state index in [9.17, 15) is 0 Å². The van der Waals surface area contributed by atoms with Crippen molar-refractivity contribution in [1.82, 2.24) is 23.7 Å². The zero-order valence-electron chi connectivity index (χ0n) is 23.2. The highest BCUT2D eigenvalue weighted by atomic mass is 15.4. The van der Waals surface area contributed by atoms with Gasteiger partial charge in [-0.3, -0.25) is 4.57 Å². The van der Waals surface area contributed by atoms with E-state index in [1.54, 1.807) is 0 Å². The average Bonchev–Trinajstić information content (AvgIpc) is 3.79. The number of pyridine rings is 1. The van der Waals surface area contributed by atoms with E-state index in [0.29, 0.717) is 5.95 Å². The van der Waals surface area contributed by atoms with Crippen LogP contribution in [-0.4, -0.2) is 23.7 Å². The first-order chi connectivity index (χ1) is 21.3. The summed E-state index contributed by atoms with van der Waals surface area (Å²) in [5.74, 6) is 0.652. The molecule has 0 bridgehead atoms. The number of benzene rings is 5. The van der Waals surface area contributed by atoms with Crippen molar-refractivity contribution in [2.24, 2.45) is 0 Å². The van der Waals surface area contributed by atoms with Gasteiger partial charge in [0.25, 0.3) is 5.95 Å². The molecule has 5 heteroatoms. The molecule has 0 atom stereocenters. The second-order valence-electron chi connectivity index (χ2n) is 10.8. The zero-order valence-corrected chi connectivity index (χ0v) is 23.2. The molecule has 0 radical (unpaired) electrons. The number of aromatic nitrogens is 5. The summed E-state index contributed by atoms with van der Waals surface area (Å²) in [6, 6.07) is 48.9. The first kappa shape index (κ1) is 23.7. The quantitative estimate of drug-likeness (QED) is 0.219. The van der Waals surface area contributed by atoms with Crippen LogP contribution in [0.25, 0.3) is 72.2 Å². The van der Waals surface area contributed by atoms with Gasteiger partial charge in [-0.25, -0.2) is 4.52 Å². The van der Waals surface area contributed by atoms with Crippen LogP contribution in [0.15, 0.2) is 152 Å². The van der Waals surface area contributed by atoms with Crippen LogP contribution in [-0.2, 0) is 0 Å². The van der Waals surface area contributed by atoms with E-state index in [2.05, 4.69) is 137 Å². The van der Waals surface area contributed by atoms with E-state index in [1.807, 2.05) is 28.9 Å². The number of fused-ring (bicyclic) bond motifs is 6. The highest BCUT2D eigenvalue weighted by molar-refractivity contribution is 6.18. The molecular formula is C38H25N5. The molecule has 5 aromatic carbocycles. The largest absolute Gasteiger partial charge is 0.316 e. The minimum atomic E-state index is 0.652. The van der Waals surface area contributed by atoms with Gasteiger partial charge in [-0.05, 0) is 59.2 Å². The molecule has 4 aromatic heterocycles. The smallest absolute Gasteiger partial charge is 0.254 e. The Bertz CT molecular complexity index is 2430. The van der Waals surface area contributed by atoms with Gasteiger partial charge in [0, 0.05) is 39.8 Å². The molecule has 4 heterocycles. The molecule has 9 rings (SSSR count). The summed E-state index contributed by atoms with van der Waals surface area (Å²) in [4.78, 5) is 5.19. The van der Waals surface area contributed by atoms with Gasteiger partial charge in [0.2, 0.25) is 0 Å². The minimum Gasteiger partial charge on any atom is -0.316 e. The Balaban J connectivity index is 1.25.